The molecule has 0 saturated carbocycles. The number of rotatable bonds is 7. The molecule has 18 heavy (non-hydrogen) atoms. The lowest BCUT2D eigenvalue weighted by Crippen LogP contribution is -1.98. The Morgan fingerprint density at radius 3 is 2.56 bits per heavy atom. The van der Waals surface area contributed by atoms with Gasteiger partial charge < -0.3 is 9.05 Å². The summed E-state index contributed by atoms with van der Waals surface area (Å²) in [6.45, 7) is -0.0725. The number of hydrogen-bond donors (Lipinski definition) is 0. The highest BCUT2D eigenvalue weighted by molar-refractivity contribution is 9.09. The third kappa shape index (κ3) is 5.44. The molecule has 0 saturated heterocycles. The fourth-order valence-corrected chi connectivity index (χ4v) is 2.86. The van der Waals surface area contributed by atoms with Crippen LogP contribution < -0.4 is 4.52 Å². The molecule has 0 amide bonds. The minimum atomic E-state index is -2.34. The van der Waals surface area contributed by atoms with E-state index in [0.29, 0.717) is 12.4 Å². The zero-order valence-electron chi connectivity index (χ0n) is 9.74. The SMILES string of the molecule is CP(=S)(OCCCBr)Oc1ccc([N+](=O)[O-])cc1. The van der Waals surface area contributed by atoms with Crippen molar-refractivity contribution < 1.29 is 14.0 Å². The molecule has 0 aliphatic carbocycles. The van der Waals surface area contributed by atoms with Crippen molar-refractivity contribution in [1.29, 1.82) is 0 Å². The Bertz CT molecular complexity index is 454. The first-order chi connectivity index (χ1) is 8.44. The van der Waals surface area contributed by atoms with E-state index in [2.05, 4.69) is 15.9 Å². The van der Waals surface area contributed by atoms with E-state index >= 15 is 0 Å². The third-order valence-corrected chi connectivity index (χ3v) is 4.22. The highest BCUT2D eigenvalue weighted by Crippen LogP contribution is 2.45. The second-order valence-corrected chi connectivity index (χ2v) is 8.26. The van der Waals surface area contributed by atoms with Crippen LogP contribution in [0, 0.1) is 10.1 Å². The predicted octanol–water partition coefficient (Wildman–Crippen LogP) is 3.71. The van der Waals surface area contributed by atoms with Gasteiger partial charge in [-0.2, -0.15) is 0 Å². The maximum Gasteiger partial charge on any atom is 0.269 e. The van der Waals surface area contributed by atoms with Crippen molar-refractivity contribution in [2.45, 2.75) is 6.42 Å². The number of nitrogens with zero attached hydrogens (tertiary/aromatic N) is 1. The van der Waals surface area contributed by atoms with Gasteiger partial charge in [0.15, 0.2) is 0 Å². The smallest absolute Gasteiger partial charge is 0.269 e. The van der Waals surface area contributed by atoms with E-state index < -0.39 is 11.4 Å². The summed E-state index contributed by atoms with van der Waals surface area (Å²) in [6, 6.07) is 5.80. The fraction of sp³-hybridized carbons (Fsp3) is 0.400. The zero-order valence-corrected chi connectivity index (χ0v) is 13.0. The number of non-ortho nitro benzene ring substituents is 1. The van der Waals surface area contributed by atoms with Crippen LogP contribution in [0.3, 0.4) is 0 Å². The summed E-state index contributed by atoms with van der Waals surface area (Å²) in [5.41, 5.74) is 0.0203. The van der Waals surface area contributed by atoms with Gasteiger partial charge in [0.25, 0.3) is 5.69 Å². The van der Waals surface area contributed by atoms with Crippen LogP contribution in [0.15, 0.2) is 24.3 Å². The van der Waals surface area contributed by atoms with Crippen LogP contribution in [0.25, 0.3) is 0 Å². The van der Waals surface area contributed by atoms with E-state index in [1.807, 2.05) is 0 Å². The maximum atomic E-state index is 10.5. The quantitative estimate of drug-likeness (QED) is 0.246. The monoisotopic (exact) mass is 353 g/mol. The normalized spacial score (nSPS) is 13.9. The van der Waals surface area contributed by atoms with E-state index in [4.69, 9.17) is 20.9 Å². The number of nitro benzene ring substituents is 1. The molecule has 0 fully saturated rings. The lowest BCUT2D eigenvalue weighted by atomic mass is 10.3. The first kappa shape index (κ1) is 15.6. The average molecular weight is 354 g/mol. The van der Waals surface area contributed by atoms with E-state index in [0.717, 1.165) is 11.8 Å². The molecule has 1 atom stereocenters. The topological polar surface area (TPSA) is 61.6 Å². The Hall–Kier alpha value is -0.490. The van der Waals surface area contributed by atoms with Crippen molar-refractivity contribution in [3.05, 3.63) is 34.4 Å². The minimum absolute atomic E-state index is 0.0203. The molecule has 1 aromatic rings. The number of benzene rings is 1. The third-order valence-electron chi connectivity index (χ3n) is 1.92. The van der Waals surface area contributed by atoms with Crippen LogP contribution in [0.4, 0.5) is 5.69 Å². The maximum absolute atomic E-state index is 10.5. The average Bonchev–Trinajstić information content (AvgIpc) is 2.29. The molecule has 0 heterocycles. The summed E-state index contributed by atoms with van der Waals surface area (Å²) in [7, 11) is 0. The van der Waals surface area contributed by atoms with Gasteiger partial charge in [0.1, 0.15) is 5.75 Å². The Morgan fingerprint density at radius 1 is 1.44 bits per heavy atom. The van der Waals surface area contributed by atoms with E-state index in [1.54, 1.807) is 6.66 Å². The predicted molar refractivity (Wildman–Crippen MR) is 78.3 cm³/mol. The Balaban J connectivity index is 2.60. The van der Waals surface area contributed by atoms with Crippen LogP contribution in [-0.2, 0) is 16.3 Å². The molecule has 1 rings (SSSR count). The van der Waals surface area contributed by atoms with Gasteiger partial charge in [0, 0.05) is 24.1 Å². The van der Waals surface area contributed by atoms with Gasteiger partial charge in [-0.05, 0) is 30.4 Å². The van der Waals surface area contributed by atoms with Gasteiger partial charge in [-0.15, -0.1) is 0 Å². The minimum Gasteiger partial charge on any atom is -0.444 e. The molecular formula is C10H13BrNO4PS. The first-order valence-corrected chi connectivity index (χ1v) is 9.37. The molecule has 0 bridgehead atoms. The molecule has 5 nitrogen and oxygen atoms in total. The van der Waals surface area contributed by atoms with Crippen LogP contribution in [-0.4, -0.2) is 23.5 Å². The van der Waals surface area contributed by atoms with Gasteiger partial charge in [0.2, 0.25) is 6.49 Å². The number of nitro groups is 1. The molecule has 0 aliphatic heterocycles. The van der Waals surface area contributed by atoms with Crippen LogP contribution in [0.5, 0.6) is 5.75 Å². The van der Waals surface area contributed by atoms with Crippen LogP contribution in [0.1, 0.15) is 6.42 Å². The van der Waals surface area contributed by atoms with E-state index in [1.165, 1.54) is 24.3 Å². The van der Waals surface area contributed by atoms with Gasteiger partial charge in [-0.3, -0.25) is 10.1 Å². The Kier molecular flexibility index (Phi) is 6.21. The summed E-state index contributed by atoms with van der Waals surface area (Å²) in [5, 5.41) is 11.3. The van der Waals surface area contributed by atoms with Crippen molar-refractivity contribution >= 4 is 39.9 Å². The van der Waals surface area contributed by atoms with Crippen molar-refractivity contribution in [1.82, 2.24) is 0 Å². The van der Waals surface area contributed by atoms with Crippen molar-refractivity contribution in [2.75, 3.05) is 18.6 Å². The van der Waals surface area contributed by atoms with Gasteiger partial charge in [0.05, 0.1) is 11.5 Å². The molecule has 0 aliphatic rings. The molecule has 0 spiro atoms. The molecular weight excluding hydrogens is 341 g/mol. The van der Waals surface area contributed by atoms with Gasteiger partial charge >= 0.3 is 0 Å². The Labute approximate surface area is 119 Å². The highest BCUT2D eigenvalue weighted by Gasteiger charge is 2.14. The molecule has 1 unspecified atom stereocenters. The molecule has 1 aromatic carbocycles. The standard InChI is InChI=1S/C10H13BrNO4PS/c1-17(18,15-8-2-7-11)16-10-5-3-9(4-6-10)12(13)14/h3-6H,2,7-8H2,1H3. The van der Waals surface area contributed by atoms with Crippen molar-refractivity contribution in [3.8, 4) is 5.75 Å². The zero-order chi connectivity index (χ0) is 13.6. The largest absolute Gasteiger partial charge is 0.444 e. The lowest BCUT2D eigenvalue weighted by molar-refractivity contribution is -0.384. The molecule has 100 valence electrons. The van der Waals surface area contributed by atoms with Crippen molar-refractivity contribution in [2.24, 2.45) is 0 Å². The molecule has 0 aromatic heterocycles. The second kappa shape index (κ2) is 7.19. The van der Waals surface area contributed by atoms with E-state index in [-0.39, 0.29) is 5.69 Å². The molecule has 8 heteroatoms. The first-order valence-electron chi connectivity index (χ1n) is 5.17. The van der Waals surface area contributed by atoms with Crippen LogP contribution in [0.2, 0.25) is 0 Å². The van der Waals surface area contributed by atoms with Gasteiger partial charge in [-0.25, -0.2) is 0 Å². The van der Waals surface area contributed by atoms with Crippen LogP contribution >= 0.6 is 22.4 Å². The number of hydrogen-bond acceptors (Lipinski definition) is 5. The molecule has 0 N–H and O–H groups in total. The second-order valence-electron chi connectivity index (χ2n) is 3.49. The van der Waals surface area contributed by atoms with Crippen molar-refractivity contribution in [3.63, 3.8) is 0 Å². The summed E-state index contributed by atoms with van der Waals surface area (Å²) < 4.78 is 11.0. The fourth-order valence-electron chi connectivity index (χ4n) is 1.13. The number of alkyl halides is 1. The highest BCUT2D eigenvalue weighted by atomic mass is 79.9. The summed E-state index contributed by atoms with van der Waals surface area (Å²) >= 11 is 8.54. The number of halogens is 1. The summed E-state index contributed by atoms with van der Waals surface area (Å²) in [5.74, 6) is 0.491. The van der Waals surface area contributed by atoms with Gasteiger partial charge in [-0.1, -0.05) is 15.9 Å². The molecule has 0 radical (unpaired) electrons. The van der Waals surface area contributed by atoms with E-state index in [9.17, 15) is 10.1 Å². The summed E-state index contributed by atoms with van der Waals surface area (Å²) in [6.07, 6.45) is 0.857. The lowest BCUT2D eigenvalue weighted by Gasteiger charge is -2.18. The Morgan fingerprint density at radius 2 is 2.06 bits per heavy atom. The summed E-state index contributed by atoms with van der Waals surface area (Å²) in [4.78, 5) is 10.0.